The number of H-pyrrole nitrogens is 1. The summed E-state index contributed by atoms with van der Waals surface area (Å²) in [5.41, 5.74) is 8.31. The van der Waals surface area contributed by atoms with Gasteiger partial charge in [-0.15, -0.1) is 0 Å². The molecule has 2 aromatic rings. The summed E-state index contributed by atoms with van der Waals surface area (Å²) in [5.74, 6) is 0.480. The Morgan fingerprint density at radius 2 is 1.95 bits per heavy atom. The molecule has 0 aliphatic heterocycles. The fourth-order valence-corrected chi connectivity index (χ4v) is 2.36. The van der Waals surface area contributed by atoms with Gasteiger partial charge in [0.25, 0.3) is 5.56 Å². The lowest BCUT2D eigenvalue weighted by Crippen LogP contribution is -2.18. The maximum atomic E-state index is 12.0. The SMILES string of the molecule is CC(C)Cc1[nH]n(CCCc2ccccc2)c(=O)c1N. The smallest absolute Gasteiger partial charge is 0.289 e. The quantitative estimate of drug-likeness (QED) is 0.849. The van der Waals surface area contributed by atoms with Gasteiger partial charge in [0.15, 0.2) is 0 Å². The molecule has 1 aromatic heterocycles. The summed E-state index contributed by atoms with van der Waals surface area (Å²) < 4.78 is 1.63. The molecule has 0 spiro atoms. The van der Waals surface area contributed by atoms with E-state index < -0.39 is 0 Å². The van der Waals surface area contributed by atoms with E-state index in [1.165, 1.54) is 5.56 Å². The van der Waals surface area contributed by atoms with Crippen LogP contribution in [0.15, 0.2) is 35.1 Å². The molecule has 20 heavy (non-hydrogen) atoms. The van der Waals surface area contributed by atoms with Gasteiger partial charge in [-0.2, -0.15) is 0 Å². The van der Waals surface area contributed by atoms with E-state index in [9.17, 15) is 4.79 Å². The summed E-state index contributed by atoms with van der Waals surface area (Å²) in [4.78, 5) is 12.0. The van der Waals surface area contributed by atoms with Gasteiger partial charge in [0.1, 0.15) is 5.69 Å². The third-order valence-electron chi connectivity index (χ3n) is 3.37. The molecular formula is C16H23N3O. The normalized spacial score (nSPS) is 11.2. The standard InChI is InChI=1S/C16H23N3O/c1-12(2)11-14-15(17)16(20)19(18-14)10-6-9-13-7-4-3-5-8-13/h3-5,7-8,12,18H,6,9-11,17H2,1-2H3. The van der Waals surface area contributed by atoms with Gasteiger partial charge in [-0.25, -0.2) is 0 Å². The number of nitrogen functional groups attached to an aromatic ring is 1. The Morgan fingerprint density at radius 1 is 1.25 bits per heavy atom. The molecule has 0 radical (unpaired) electrons. The van der Waals surface area contributed by atoms with Gasteiger partial charge in [0.2, 0.25) is 0 Å². The number of nitrogens with zero attached hydrogens (tertiary/aromatic N) is 1. The minimum absolute atomic E-state index is 0.0892. The Hall–Kier alpha value is -1.97. The molecule has 3 N–H and O–H groups in total. The molecular weight excluding hydrogens is 250 g/mol. The highest BCUT2D eigenvalue weighted by Gasteiger charge is 2.11. The predicted molar refractivity (Wildman–Crippen MR) is 82.8 cm³/mol. The number of nitrogens with two attached hydrogens (primary N) is 1. The van der Waals surface area contributed by atoms with Crippen molar-refractivity contribution in [2.24, 2.45) is 5.92 Å². The topological polar surface area (TPSA) is 63.8 Å². The molecule has 1 aromatic carbocycles. The first-order valence-electron chi connectivity index (χ1n) is 7.19. The highest BCUT2D eigenvalue weighted by molar-refractivity contribution is 5.40. The monoisotopic (exact) mass is 273 g/mol. The second kappa shape index (κ2) is 6.46. The van der Waals surface area contributed by atoms with Crippen molar-refractivity contribution in [3.63, 3.8) is 0 Å². The van der Waals surface area contributed by atoms with Crippen molar-refractivity contribution in [3.8, 4) is 0 Å². The summed E-state index contributed by atoms with van der Waals surface area (Å²) in [5, 5.41) is 3.15. The van der Waals surface area contributed by atoms with Crippen molar-refractivity contribution in [2.45, 2.75) is 39.7 Å². The van der Waals surface area contributed by atoms with E-state index in [0.29, 0.717) is 18.2 Å². The number of anilines is 1. The Bertz CT molecular complexity index is 596. The lowest BCUT2D eigenvalue weighted by molar-refractivity contribution is 0.547. The molecule has 2 rings (SSSR count). The average molecular weight is 273 g/mol. The minimum atomic E-state index is -0.0892. The predicted octanol–water partition coefficient (Wildman–Crippen LogP) is 2.59. The highest BCUT2D eigenvalue weighted by Crippen LogP contribution is 2.10. The van der Waals surface area contributed by atoms with Crippen molar-refractivity contribution < 1.29 is 0 Å². The molecule has 108 valence electrons. The van der Waals surface area contributed by atoms with E-state index >= 15 is 0 Å². The number of benzene rings is 1. The lowest BCUT2D eigenvalue weighted by Gasteiger charge is -2.04. The van der Waals surface area contributed by atoms with Crippen LogP contribution in [-0.2, 0) is 19.4 Å². The second-order valence-electron chi connectivity index (χ2n) is 5.65. The second-order valence-corrected chi connectivity index (χ2v) is 5.65. The molecule has 0 unspecified atom stereocenters. The first-order chi connectivity index (χ1) is 9.58. The fraction of sp³-hybridized carbons (Fsp3) is 0.438. The van der Waals surface area contributed by atoms with Crippen LogP contribution >= 0.6 is 0 Å². The van der Waals surface area contributed by atoms with E-state index in [0.717, 1.165) is 25.0 Å². The van der Waals surface area contributed by atoms with Crippen LogP contribution in [0.1, 0.15) is 31.5 Å². The van der Waals surface area contributed by atoms with Gasteiger partial charge in [-0.3, -0.25) is 14.6 Å². The van der Waals surface area contributed by atoms with Crippen LogP contribution in [0, 0.1) is 5.92 Å². The summed E-state index contributed by atoms with van der Waals surface area (Å²) in [6, 6.07) is 10.3. The third kappa shape index (κ3) is 3.53. The Kier molecular flexibility index (Phi) is 4.66. The van der Waals surface area contributed by atoms with Gasteiger partial charge in [-0.05, 0) is 30.7 Å². The number of aromatic amines is 1. The maximum Gasteiger partial charge on any atom is 0.289 e. The Balaban J connectivity index is 1.98. The average Bonchev–Trinajstić information content (AvgIpc) is 2.68. The zero-order valence-corrected chi connectivity index (χ0v) is 12.2. The summed E-state index contributed by atoms with van der Waals surface area (Å²) in [7, 11) is 0. The van der Waals surface area contributed by atoms with Gasteiger partial charge >= 0.3 is 0 Å². The molecule has 0 aliphatic rings. The molecule has 0 aliphatic carbocycles. The minimum Gasteiger partial charge on any atom is -0.393 e. The van der Waals surface area contributed by atoms with Crippen LogP contribution < -0.4 is 11.3 Å². The molecule has 4 heteroatoms. The summed E-state index contributed by atoms with van der Waals surface area (Å²) in [6.07, 6.45) is 2.70. The van der Waals surface area contributed by atoms with Crippen LogP contribution in [0.3, 0.4) is 0 Å². The van der Waals surface area contributed by atoms with Gasteiger partial charge in [0.05, 0.1) is 5.69 Å². The van der Waals surface area contributed by atoms with Gasteiger partial charge in [0, 0.05) is 6.54 Å². The molecule has 0 bridgehead atoms. The summed E-state index contributed by atoms with van der Waals surface area (Å²) >= 11 is 0. The zero-order chi connectivity index (χ0) is 14.5. The molecule has 0 saturated carbocycles. The molecule has 0 atom stereocenters. The van der Waals surface area contributed by atoms with E-state index in [4.69, 9.17) is 5.73 Å². The zero-order valence-electron chi connectivity index (χ0n) is 12.2. The van der Waals surface area contributed by atoms with E-state index in [-0.39, 0.29) is 5.56 Å². The van der Waals surface area contributed by atoms with Crippen LogP contribution in [-0.4, -0.2) is 9.78 Å². The molecule has 0 saturated heterocycles. The van der Waals surface area contributed by atoms with Crippen molar-refractivity contribution in [1.29, 1.82) is 0 Å². The first kappa shape index (κ1) is 14.4. The first-order valence-corrected chi connectivity index (χ1v) is 7.19. The summed E-state index contributed by atoms with van der Waals surface area (Å²) in [6.45, 7) is 4.91. The maximum absolute atomic E-state index is 12.0. The largest absolute Gasteiger partial charge is 0.393 e. The van der Waals surface area contributed by atoms with Crippen LogP contribution in [0.4, 0.5) is 5.69 Å². The van der Waals surface area contributed by atoms with Crippen molar-refractivity contribution in [2.75, 3.05) is 5.73 Å². The highest BCUT2D eigenvalue weighted by atomic mass is 16.1. The molecule has 1 heterocycles. The Morgan fingerprint density at radius 3 is 2.60 bits per heavy atom. The van der Waals surface area contributed by atoms with Crippen LogP contribution in [0.2, 0.25) is 0 Å². The van der Waals surface area contributed by atoms with E-state index in [1.54, 1.807) is 4.68 Å². The van der Waals surface area contributed by atoms with E-state index in [1.807, 2.05) is 18.2 Å². The van der Waals surface area contributed by atoms with Crippen LogP contribution in [0.5, 0.6) is 0 Å². The molecule has 0 amide bonds. The van der Waals surface area contributed by atoms with Gasteiger partial charge in [-0.1, -0.05) is 44.2 Å². The number of aromatic nitrogens is 2. The van der Waals surface area contributed by atoms with Crippen molar-refractivity contribution in [1.82, 2.24) is 9.78 Å². The number of hydrogen-bond acceptors (Lipinski definition) is 2. The Labute approximate surface area is 119 Å². The number of rotatable bonds is 6. The van der Waals surface area contributed by atoms with Crippen molar-refractivity contribution >= 4 is 5.69 Å². The fourth-order valence-electron chi connectivity index (χ4n) is 2.36. The number of hydrogen-bond donors (Lipinski definition) is 2. The molecule has 4 nitrogen and oxygen atoms in total. The van der Waals surface area contributed by atoms with Crippen molar-refractivity contribution in [3.05, 3.63) is 51.9 Å². The lowest BCUT2D eigenvalue weighted by atomic mass is 10.1. The number of nitrogens with one attached hydrogen (secondary N) is 1. The van der Waals surface area contributed by atoms with E-state index in [2.05, 4.69) is 31.1 Å². The third-order valence-corrected chi connectivity index (χ3v) is 3.37. The van der Waals surface area contributed by atoms with Crippen LogP contribution in [0.25, 0.3) is 0 Å². The number of aryl methyl sites for hydroxylation is 2. The van der Waals surface area contributed by atoms with Gasteiger partial charge < -0.3 is 5.73 Å². The molecule has 0 fully saturated rings.